The fourth-order valence-corrected chi connectivity index (χ4v) is 2.92. The van der Waals surface area contributed by atoms with Crippen molar-refractivity contribution in [2.24, 2.45) is 0 Å². The summed E-state index contributed by atoms with van der Waals surface area (Å²) in [7, 11) is 0. The van der Waals surface area contributed by atoms with Crippen molar-refractivity contribution in [3.05, 3.63) is 60.2 Å². The van der Waals surface area contributed by atoms with Gasteiger partial charge in [-0.05, 0) is 49.2 Å². The molecule has 6 nitrogen and oxygen atoms in total. The number of fused-ring (bicyclic) bond motifs is 1. The number of amides is 1. The van der Waals surface area contributed by atoms with E-state index in [1.807, 2.05) is 24.3 Å². The first-order chi connectivity index (χ1) is 11.8. The maximum atomic E-state index is 12.1. The fraction of sp³-hybridized carbons (Fsp3) is 0.222. The van der Waals surface area contributed by atoms with Gasteiger partial charge in [0, 0.05) is 30.4 Å². The average Bonchev–Trinajstić information content (AvgIpc) is 3.07. The molecule has 6 heteroatoms. The second kappa shape index (κ2) is 6.23. The first-order valence-corrected chi connectivity index (χ1v) is 8.06. The summed E-state index contributed by atoms with van der Waals surface area (Å²) in [5, 5.41) is 11.4. The van der Waals surface area contributed by atoms with E-state index >= 15 is 0 Å². The molecule has 24 heavy (non-hydrogen) atoms. The summed E-state index contributed by atoms with van der Waals surface area (Å²) < 4.78 is 2.19. The van der Waals surface area contributed by atoms with E-state index in [4.69, 9.17) is 0 Å². The molecule has 0 saturated carbocycles. The van der Waals surface area contributed by atoms with Crippen molar-refractivity contribution in [2.45, 2.75) is 25.8 Å². The number of hydrogen-bond donors (Lipinski definition) is 1. The number of nitrogens with one attached hydrogen (secondary N) is 1. The Morgan fingerprint density at radius 1 is 1.04 bits per heavy atom. The Morgan fingerprint density at radius 2 is 1.92 bits per heavy atom. The van der Waals surface area contributed by atoms with Crippen molar-refractivity contribution in [1.29, 1.82) is 0 Å². The second-order valence-electron chi connectivity index (χ2n) is 5.80. The van der Waals surface area contributed by atoms with Gasteiger partial charge in [0.2, 0.25) is 0 Å². The number of anilines is 1. The second-order valence-corrected chi connectivity index (χ2v) is 5.80. The van der Waals surface area contributed by atoms with E-state index in [2.05, 4.69) is 25.1 Å². The molecule has 1 N–H and O–H groups in total. The summed E-state index contributed by atoms with van der Waals surface area (Å²) >= 11 is 0. The maximum absolute atomic E-state index is 12.1. The lowest BCUT2D eigenvalue weighted by atomic mass is 10.1. The van der Waals surface area contributed by atoms with Gasteiger partial charge in [0.05, 0.1) is 0 Å². The quantitative estimate of drug-likeness (QED) is 0.805. The molecule has 120 valence electrons. The molecule has 1 aromatic carbocycles. The van der Waals surface area contributed by atoms with Crippen molar-refractivity contribution < 1.29 is 4.79 Å². The summed E-state index contributed by atoms with van der Waals surface area (Å²) in [6.45, 7) is 0.968. The van der Waals surface area contributed by atoms with Crippen molar-refractivity contribution in [3.8, 4) is 11.4 Å². The van der Waals surface area contributed by atoms with Crippen LogP contribution in [0.25, 0.3) is 11.4 Å². The summed E-state index contributed by atoms with van der Waals surface area (Å²) in [5.74, 6) is 1.74. The fourth-order valence-electron chi connectivity index (χ4n) is 2.92. The van der Waals surface area contributed by atoms with E-state index in [1.54, 1.807) is 24.4 Å². The molecular formula is C18H17N5O. The highest BCUT2D eigenvalue weighted by Crippen LogP contribution is 2.24. The van der Waals surface area contributed by atoms with Crippen molar-refractivity contribution in [1.82, 2.24) is 19.7 Å². The smallest absolute Gasteiger partial charge is 0.274 e. The molecule has 0 bridgehead atoms. The van der Waals surface area contributed by atoms with E-state index in [0.29, 0.717) is 5.69 Å². The molecular weight excluding hydrogens is 302 g/mol. The molecule has 0 saturated heterocycles. The largest absolute Gasteiger partial charge is 0.321 e. The predicted octanol–water partition coefficient (Wildman–Crippen LogP) is 2.93. The standard InChI is InChI=1S/C18H17N5O/c24-18(15-5-1-3-11-19-15)20-14-9-7-13(8-10-14)17-22-21-16-6-2-4-12-23(16)17/h1,3,5,7-11H,2,4,6,12H2,(H,20,24). The molecule has 0 atom stereocenters. The monoisotopic (exact) mass is 319 g/mol. The van der Waals surface area contributed by atoms with Gasteiger partial charge in [0.1, 0.15) is 11.5 Å². The molecule has 3 aromatic rings. The van der Waals surface area contributed by atoms with E-state index < -0.39 is 0 Å². The zero-order valence-electron chi connectivity index (χ0n) is 13.1. The molecule has 0 aliphatic carbocycles. The van der Waals surface area contributed by atoms with Crippen LogP contribution in [0.3, 0.4) is 0 Å². The van der Waals surface area contributed by atoms with Crippen LogP contribution < -0.4 is 5.32 Å². The van der Waals surface area contributed by atoms with Crippen LogP contribution in [-0.2, 0) is 13.0 Å². The molecule has 1 aliphatic heterocycles. The third kappa shape index (κ3) is 2.78. The van der Waals surface area contributed by atoms with Crippen LogP contribution in [0, 0.1) is 0 Å². The molecule has 1 amide bonds. The van der Waals surface area contributed by atoms with E-state index in [1.165, 1.54) is 6.42 Å². The van der Waals surface area contributed by atoms with Gasteiger partial charge in [-0.25, -0.2) is 0 Å². The van der Waals surface area contributed by atoms with E-state index in [9.17, 15) is 4.79 Å². The van der Waals surface area contributed by atoms with Gasteiger partial charge in [-0.1, -0.05) is 6.07 Å². The van der Waals surface area contributed by atoms with Gasteiger partial charge in [-0.3, -0.25) is 9.78 Å². The molecule has 0 radical (unpaired) electrons. The number of carbonyl (C=O) groups excluding carboxylic acids is 1. The van der Waals surface area contributed by atoms with E-state index in [-0.39, 0.29) is 5.91 Å². The van der Waals surface area contributed by atoms with Crippen LogP contribution >= 0.6 is 0 Å². The molecule has 1 aliphatic rings. The highest BCUT2D eigenvalue weighted by molar-refractivity contribution is 6.02. The third-order valence-corrected chi connectivity index (χ3v) is 4.16. The summed E-state index contributed by atoms with van der Waals surface area (Å²) in [5.41, 5.74) is 2.13. The zero-order valence-corrected chi connectivity index (χ0v) is 13.1. The lowest BCUT2D eigenvalue weighted by Gasteiger charge is -2.14. The predicted molar refractivity (Wildman–Crippen MR) is 90.6 cm³/mol. The number of benzene rings is 1. The van der Waals surface area contributed by atoms with Gasteiger partial charge < -0.3 is 9.88 Å². The van der Waals surface area contributed by atoms with Crippen molar-refractivity contribution in [3.63, 3.8) is 0 Å². The van der Waals surface area contributed by atoms with Crippen LogP contribution in [0.1, 0.15) is 29.2 Å². The van der Waals surface area contributed by atoms with Gasteiger partial charge in [-0.2, -0.15) is 0 Å². The van der Waals surface area contributed by atoms with Gasteiger partial charge in [0.25, 0.3) is 5.91 Å². The molecule has 4 rings (SSSR count). The summed E-state index contributed by atoms with van der Waals surface area (Å²) in [6, 6.07) is 12.9. The number of carbonyl (C=O) groups is 1. The Labute approximate surface area is 139 Å². The van der Waals surface area contributed by atoms with Gasteiger partial charge in [-0.15, -0.1) is 10.2 Å². The number of rotatable bonds is 3. The first-order valence-electron chi connectivity index (χ1n) is 8.06. The Bertz CT molecular complexity index is 855. The first kappa shape index (κ1) is 14.6. The number of hydrogen-bond acceptors (Lipinski definition) is 4. The summed E-state index contributed by atoms with van der Waals surface area (Å²) in [6.07, 6.45) is 4.94. The van der Waals surface area contributed by atoms with Crippen molar-refractivity contribution >= 4 is 11.6 Å². The Kier molecular flexibility index (Phi) is 3.78. The lowest BCUT2D eigenvalue weighted by molar-refractivity contribution is 0.102. The Morgan fingerprint density at radius 3 is 2.71 bits per heavy atom. The van der Waals surface area contributed by atoms with E-state index in [0.717, 1.165) is 42.3 Å². The lowest BCUT2D eigenvalue weighted by Crippen LogP contribution is -2.13. The minimum absolute atomic E-state index is 0.219. The van der Waals surface area contributed by atoms with Crippen LogP contribution in [0.5, 0.6) is 0 Å². The maximum Gasteiger partial charge on any atom is 0.274 e. The molecule has 0 fully saturated rings. The van der Waals surface area contributed by atoms with Crippen LogP contribution in [-0.4, -0.2) is 25.7 Å². The molecule has 0 spiro atoms. The highest BCUT2D eigenvalue weighted by atomic mass is 16.1. The normalized spacial score (nSPS) is 13.3. The number of aromatic nitrogens is 4. The highest BCUT2D eigenvalue weighted by Gasteiger charge is 2.16. The SMILES string of the molecule is O=C(Nc1ccc(-c2nnc3n2CCCC3)cc1)c1ccccn1. The van der Waals surface area contributed by atoms with Crippen LogP contribution in [0.2, 0.25) is 0 Å². The molecule has 2 aromatic heterocycles. The number of nitrogens with zero attached hydrogens (tertiary/aromatic N) is 4. The summed E-state index contributed by atoms with van der Waals surface area (Å²) in [4.78, 5) is 16.2. The third-order valence-electron chi connectivity index (χ3n) is 4.16. The molecule has 3 heterocycles. The van der Waals surface area contributed by atoms with Crippen LogP contribution in [0.4, 0.5) is 5.69 Å². The Balaban J connectivity index is 1.53. The number of aryl methyl sites for hydroxylation is 1. The zero-order chi connectivity index (χ0) is 16.4. The van der Waals surface area contributed by atoms with Crippen LogP contribution in [0.15, 0.2) is 48.7 Å². The average molecular weight is 319 g/mol. The van der Waals surface area contributed by atoms with Crippen molar-refractivity contribution in [2.75, 3.05) is 5.32 Å². The molecule has 0 unspecified atom stereocenters. The van der Waals surface area contributed by atoms with Gasteiger partial charge in [0.15, 0.2) is 5.82 Å². The minimum Gasteiger partial charge on any atom is -0.321 e. The minimum atomic E-state index is -0.219. The number of pyridine rings is 1. The van der Waals surface area contributed by atoms with Gasteiger partial charge >= 0.3 is 0 Å². The topological polar surface area (TPSA) is 72.7 Å². The Hall–Kier alpha value is -3.02.